The van der Waals surface area contributed by atoms with E-state index in [1.165, 1.54) is 0 Å². The van der Waals surface area contributed by atoms with Gasteiger partial charge in [0.2, 0.25) is 11.6 Å². The maximum Gasteiger partial charge on any atom is 0.203 e. The van der Waals surface area contributed by atoms with Gasteiger partial charge in [0.1, 0.15) is 0 Å². The van der Waals surface area contributed by atoms with Crippen molar-refractivity contribution in [2.24, 2.45) is 0 Å². The lowest BCUT2D eigenvalue weighted by molar-refractivity contribution is 0.359. The average molecular weight is 336 g/mol. The Hall–Kier alpha value is -2.38. The molecule has 0 radical (unpaired) electrons. The maximum atomic E-state index is 14.0. The summed E-state index contributed by atoms with van der Waals surface area (Å²) in [6.45, 7) is 2.13. The van der Waals surface area contributed by atoms with Gasteiger partial charge in [-0.2, -0.15) is 8.78 Å². The standard InChI is InChI=1S/C15H10F6O2/c1-15(2,5-3-7(16)13(22)11(20)9(5)18)6-4-8(17)14(23)12(21)10(6)19/h3-4,22-23H,1-2H3. The van der Waals surface area contributed by atoms with Crippen molar-refractivity contribution in [1.82, 2.24) is 0 Å². The van der Waals surface area contributed by atoms with E-state index in [1.807, 2.05) is 0 Å². The van der Waals surface area contributed by atoms with Crippen LogP contribution in [0, 0.1) is 34.9 Å². The van der Waals surface area contributed by atoms with Crippen LogP contribution in [0.3, 0.4) is 0 Å². The maximum absolute atomic E-state index is 14.0. The number of rotatable bonds is 2. The largest absolute Gasteiger partial charge is 0.503 e. The zero-order valence-corrected chi connectivity index (χ0v) is 11.8. The van der Waals surface area contributed by atoms with Gasteiger partial charge < -0.3 is 10.2 Å². The number of benzene rings is 2. The van der Waals surface area contributed by atoms with E-state index in [0.29, 0.717) is 12.1 Å². The highest BCUT2D eigenvalue weighted by molar-refractivity contribution is 5.45. The molecule has 0 aromatic heterocycles. The number of aromatic hydroxyl groups is 2. The Balaban J connectivity index is 2.79. The SMILES string of the molecule is CC(C)(c1cc(F)c(O)c(F)c1F)c1cc(F)c(O)c(F)c1F. The quantitative estimate of drug-likeness (QED) is 0.636. The summed E-state index contributed by atoms with van der Waals surface area (Å²) in [7, 11) is 0. The van der Waals surface area contributed by atoms with Crippen molar-refractivity contribution in [3.8, 4) is 11.5 Å². The molecule has 2 aromatic carbocycles. The monoisotopic (exact) mass is 336 g/mol. The van der Waals surface area contributed by atoms with Gasteiger partial charge >= 0.3 is 0 Å². The van der Waals surface area contributed by atoms with Crippen LogP contribution in [0.4, 0.5) is 26.3 Å². The average Bonchev–Trinajstić information content (AvgIpc) is 2.49. The first-order valence-electron chi connectivity index (χ1n) is 6.24. The molecule has 0 atom stereocenters. The zero-order valence-electron chi connectivity index (χ0n) is 11.8. The zero-order chi connectivity index (χ0) is 17.7. The molecular formula is C15H10F6O2. The van der Waals surface area contributed by atoms with Crippen LogP contribution in [-0.4, -0.2) is 10.2 Å². The van der Waals surface area contributed by atoms with Crippen molar-refractivity contribution in [1.29, 1.82) is 0 Å². The van der Waals surface area contributed by atoms with Crippen LogP contribution in [0.25, 0.3) is 0 Å². The highest BCUT2D eigenvalue weighted by Crippen LogP contribution is 2.40. The highest BCUT2D eigenvalue weighted by atomic mass is 19.2. The predicted molar refractivity (Wildman–Crippen MR) is 68.1 cm³/mol. The molecule has 0 amide bonds. The van der Waals surface area contributed by atoms with Gasteiger partial charge in [0.25, 0.3) is 0 Å². The smallest absolute Gasteiger partial charge is 0.203 e. The van der Waals surface area contributed by atoms with Crippen LogP contribution < -0.4 is 0 Å². The first kappa shape index (κ1) is 17.0. The van der Waals surface area contributed by atoms with E-state index in [4.69, 9.17) is 10.2 Å². The van der Waals surface area contributed by atoms with Gasteiger partial charge in [0, 0.05) is 16.5 Å². The van der Waals surface area contributed by atoms with Gasteiger partial charge in [-0.15, -0.1) is 0 Å². The van der Waals surface area contributed by atoms with Crippen molar-refractivity contribution in [3.63, 3.8) is 0 Å². The molecule has 0 aliphatic rings. The van der Waals surface area contributed by atoms with Crippen LogP contribution in [0.15, 0.2) is 12.1 Å². The number of hydrogen-bond acceptors (Lipinski definition) is 2. The molecule has 0 heterocycles. The van der Waals surface area contributed by atoms with Crippen molar-refractivity contribution in [2.75, 3.05) is 0 Å². The topological polar surface area (TPSA) is 40.5 Å². The lowest BCUT2D eigenvalue weighted by Gasteiger charge is -2.27. The summed E-state index contributed by atoms with van der Waals surface area (Å²) in [5.74, 6) is -13.4. The van der Waals surface area contributed by atoms with E-state index in [1.54, 1.807) is 0 Å². The molecule has 0 saturated heterocycles. The van der Waals surface area contributed by atoms with Gasteiger partial charge in [-0.25, -0.2) is 17.6 Å². The van der Waals surface area contributed by atoms with Gasteiger partial charge in [-0.3, -0.25) is 0 Å². The summed E-state index contributed by atoms with van der Waals surface area (Å²) in [6.07, 6.45) is 0. The fourth-order valence-corrected chi connectivity index (χ4v) is 2.23. The van der Waals surface area contributed by atoms with Crippen molar-refractivity contribution in [3.05, 3.63) is 58.2 Å². The number of hydrogen-bond donors (Lipinski definition) is 2. The van der Waals surface area contributed by atoms with Crippen LogP contribution in [0.5, 0.6) is 11.5 Å². The summed E-state index contributed by atoms with van der Waals surface area (Å²) < 4.78 is 81.8. The Kier molecular flexibility index (Phi) is 3.96. The second kappa shape index (κ2) is 5.36. The van der Waals surface area contributed by atoms with E-state index < -0.39 is 62.9 Å². The summed E-state index contributed by atoms with van der Waals surface area (Å²) in [6, 6.07) is 0.797. The van der Waals surface area contributed by atoms with E-state index >= 15 is 0 Å². The minimum atomic E-state index is -1.92. The number of phenols is 2. The molecule has 0 aliphatic carbocycles. The first-order chi connectivity index (χ1) is 10.5. The van der Waals surface area contributed by atoms with Gasteiger partial charge in [0.15, 0.2) is 34.8 Å². The van der Waals surface area contributed by atoms with E-state index in [9.17, 15) is 26.3 Å². The highest BCUT2D eigenvalue weighted by Gasteiger charge is 2.35. The third-order valence-electron chi connectivity index (χ3n) is 3.62. The number of phenolic OH excluding ortho intramolecular Hbond substituents is 2. The van der Waals surface area contributed by atoms with E-state index in [0.717, 1.165) is 13.8 Å². The normalized spacial score (nSPS) is 11.8. The van der Waals surface area contributed by atoms with E-state index in [-0.39, 0.29) is 0 Å². The molecule has 0 fully saturated rings. The van der Waals surface area contributed by atoms with E-state index in [2.05, 4.69) is 0 Å². The summed E-state index contributed by atoms with van der Waals surface area (Å²) in [5.41, 5.74) is -3.46. The number of halogens is 6. The fourth-order valence-electron chi connectivity index (χ4n) is 2.23. The van der Waals surface area contributed by atoms with Gasteiger partial charge in [0.05, 0.1) is 0 Å². The van der Waals surface area contributed by atoms with Crippen molar-refractivity contribution < 1.29 is 36.6 Å². The molecule has 2 rings (SSSR count). The van der Waals surface area contributed by atoms with Crippen LogP contribution in [0.1, 0.15) is 25.0 Å². The Morgan fingerprint density at radius 3 is 1.26 bits per heavy atom. The van der Waals surface area contributed by atoms with Crippen molar-refractivity contribution >= 4 is 0 Å². The summed E-state index contributed by atoms with van der Waals surface area (Å²) in [5, 5.41) is 18.0. The first-order valence-corrected chi connectivity index (χ1v) is 6.24. The minimum absolute atomic E-state index is 0.399. The molecule has 0 unspecified atom stereocenters. The predicted octanol–water partition coefficient (Wildman–Crippen LogP) is 4.26. The molecule has 0 spiro atoms. The molecule has 2 aromatic rings. The van der Waals surface area contributed by atoms with Crippen LogP contribution in [-0.2, 0) is 5.41 Å². The molecule has 8 heteroatoms. The summed E-state index contributed by atoms with van der Waals surface area (Å²) in [4.78, 5) is 0. The second-order valence-electron chi connectivity index (χ2n) is 5.39. The lowest BCUT2D eigenvalue weighted by atomic mass is 9.77. The molecule has 124 valence electrons. The molecule has 0 bridgehead atoms. The van der Waals surface area contributed by atoms with Gasteiger partial charge in [-0.05, 0) is 12.1 Å². The fraction of sp³-hybridized carbons (Fsp3) is 0.200. The molecule has 2 N–H and O–H groups in total. The Morgan fingerprint density at radius 1 is 0.652 bits per heavy atom. The Labute approximate surface area is 126 Å². The van der Waals surface area contributed by atoms with Gasteiger partial charge in [-0.1, -0.05) is 13.8 Å². The lowest BCUT2D eigenvalue weighted by Crippen LogP contribution is -2.24. The third-order valence-corrected chi connectivity index (χ3v) is 3.62. The molecule has 0 saturated carbocycles. The van der Waals surface area contributed by atoms with Crippen LogP contribution in [0.2, 0.25) is 0 Å². The third kappa shape index (κ3) is 2.47. The molecular weight excluding hydrogens is 326 g/mol. The Bertz CT molecular complexity index is 736. The summed E-state index contributed by atoms with van der Waals surface area (Å²) >= 11 is 0. The Morgan fingerprint density at radius 2 is 0.957 bits per heavy atom. The molecule has 2 nitrogen and oxygen atoms in total. The van der Waals surface area contributed by atoms with Crippen molar-refractivity contribution in [2.45, 2.75) is 19.3 Å². The minimum Gasteiger partial charge on any atom is -0.503 e. The van der Waals surface area contributed by atoms with Crippen LogP contribution >= 0.6 is 0 Å². The second-order valence-corrected chi connectivity index (χ2v) is 5.39. The molecule has 0 aliphatic heterocycles. The molecule has 23 heavy (non-hydrogen) atoms.